The van der Waals surface area contributed by atoms with E-state index in [0.29, 0.717) is 24.7 Å². The van der Waals surface area contributed by atoms with Gasteiger partial charge >= 0.3 is 12.0 Å². The zero-order valence-corrected chi connectivity index (χ0v) is 16.0. The number of urea groups is 1. The number of halogens is 1. The summed E-state index contributed by atoms with van der Waals surface area (Å²) in [6.45, 7) is 7.27. The van der Waals surface area contributed by atoms with E-state index in [0.717, 1.165) is 42.5 Å². The van der Waals surface area contributed by atoms with E-state index in [9.17, 15) is 9.59 Å². The summed E-state index contributed by atoms with van der Waals surface area (Å²) in [4.78, 5) is 26.4. The fourth-order valence-corrected chi connectivity index (χ4v) is 3.56. The molecule has 2 amide bonds. The van der Waals surface area contributed by atoms with Crippen molar-refractivity contribution in [1.29, 1.82) is 0 Å². The monoisotopic (exact) mass is 366 g/mol. The third kappa shape index (κ3) is 4.66. The number of ether oxygens (including phenoxy) is 1. The number of aryl methyl sites for hydroxylation is 1. The number of esters is 1. The largest absolute Gasteiger partial charge is 0.466 e. The van der Waals surface area contributed by atoms with Crippen LogP contribution in [0.4, 0.5) is 10.5 Å². The van der Waals surface area contributed by atoms with Gasteiger partial charge in [0.15, 0.2) is 0 Å². The summed E-state index contributed by atoms with van der Waals surface area (Å²) in [6, 6.07) is 3.65. The van der Waals surface area contributed by atoms with Gasteiger partial charge in [-0.15, -0.1) is 0 Å². The second-order valence-electron chi connectivity index (χ2n) is 6.23. The van der Waals surface area contributed by atoms with Crippen molar-refractivity contribution in [3.05, 3.63) is 28.3 Å². The number of likely N-dealkylation sites (tertiary alicyclic amines) is 1. The van der Waals surface area contributed by atoms with Gasteiger partial charge in [0.25, 0.3) is 0 Å². The normalized spacial score (nSPS) is 17.3. The number of hydrogen-bond donors (Lipinski definition) is 1. The quantitative estimate of drug-likeness (QED) is 0.791. The molecule has 1 fully saturated rings. The lowest BCUT2D eigenvalue weighted by molar-refractivity contribution is -0.149. The third-order valence-electron chi connectivity index (χ3n) is 4.64. The minimum atomic E-state index is -0.241. The first-order valence-electron chi connectivity index (χ1n) is 9.04. The van der Waals surface area contributed by atoms with Crippen molar-refractivity contribution >= 4 is 29.3 Å². The van der Waals surface area contributed by atoms with Gasteiger partial charge in [-0.25, -0.2) is 4.79 Å². The number of carbonyl (C=O) groups excluding carboxylic acids is 2. The average Bonchev–Trinajstić information content (AvgIpc) is 2.62. The first-order chi connectivity index (χ1) is 12.0. The number of hydrogen-bond acceptors (Lipinski definition) is 3. The molecule has 1 atom stereocenters. The molecule has 0 bridgehead atoms. The highest BCUT2D eigenvalue weighted by atomic mass is 35.5. The Morgan fingerprint density at radius 3 is 2.68 bits per heavy atom. The lowest BCUT2D eigenvalue weighted by atomic mass is 9.98. The topological polar surface area (TPSA) is 58.6 Å². The third-order valence-corrected chi connectivity index (χ3v) is 4.99. The Bertz CT molecular complexity index is 633. The second-order valence-corrected chi connectivity index (χ2v) is 6.64. The molecular weight excluding hydrogens is 340 g/mol. The van der Waals surface area contributed by atoms with Crippen LogP contribution < -0.4 is 5.32 Å². The molecule has 1 aliphatic heterocycles. The molecule has 0 radical (unpaired) electrons. The van der Waals surface area contributed by atoms with Crippen LogP contribution in [0, 0.1) is 5.92 Å². The molecule has 0 spiro atoms. The van der Waals surface area contributed by atoms with E-state index in [1.807, 2.05) is 19.1 Å². The van der Waals surface area contributed by atoms with Crippen LogP contribution in [-0.4, -0.2) is 36.6 Å². The molecular formula is C19H27ClN2O3. The van der Waals surface area contributed by atoms with E-state index in [1.165, 1.54) is 0 Å². The molecule has 1 aromatic carbocycles. The number of anilines is 1. The molecule has 1 saturated heterocycles. The van der Waals surface area contributed by atoms with Crippen molar-refractivity contribution in [2.24, 2.45) is 5.92 Å². The summed E-state index contributed by atoms with van der Waals surface area (Å²) in [5.74, 6) is -0.457. The highest BCUT2D eigenvalue weighted by Gasteiger charge is 2.29. The fourth-order valence-electron chi connectivity index (χ4n) is 3.27. The van der Waals surface area contributed by atoms with Gasteiger partial charge in [0.2, 0.25) is 0 Å². The van der Waals surface area contributed by atoms with Gasteiger partial charge in [0, 0.05) is 18.1 Å². The van der Waals surface area contributed by atoms with Gasteiger partial charge in [-0.05, 0) is 49.8 Å². The molecule has 6 heteroatoms. The van der Waals surface area contributed by atoms with E-state index in [4.69, 9.17) is 16.3 Å². The summed E-state index contributed by atoms with van der Waals surface area (Å²) < 4.78 is 5.10. The first kappa shape index (κ1) is 19.6. The van der Waals surface area contributed by atoms with Gasteiger partial charge in [-0.1, -0.05) is 31.5 Å². The molecule has 1 heterocycles. The number of piperidine rings is 1. The van der Waals surface area contributed by atoms with E-state index >= 15 is 0 Å². The smallest absolute Gasteiger partial charge is 0.321 e. The maximum absolute atomic E-state index is 12.8. The van der Waals surface area contributed by atoms with Crippen LogP contribution in [0.25, 0.3) is 0 Å². The van der Waals surface area contributed by atoms with E-state index in [2.05, 4.69) is 12.2 Å². The predicted octanol–water partition coefficient (Wildman–Crippen LogP) is 4.27. The highest BCUT2D eigenvalue weighted by molar-refractivity contribution is 6.32. The molecule has 0 unspecified atom stereocenters. The Labute approximate surface area is 154 Å². The highest BCUT2D eigenvalue weighted by Crippen LogP contribution is 2.30. The molecule has 0 aromatic heterocycles. The molecule has 2 rings (SSSR count). The SMILES string of the molecule is CCOC(=O)[C@@H]1CCCN(C(=O)Nc2c(CC)ccc(Cl)c2CC)C1. The van der Waals surface area contributed by atoms with E-state index < -0.39 is 0 Å². The van der Waals surface area contributed by atoms with E-state index in [-0.39, 0.29) is 17.9 Å². The fraction of sp³-hybridized carbons (Fsp3) is 0.579. The molecule has 0 saturated carbocycles. The van der Waals surface area contributed by atoms with Gasteiger partial charge in [0.05, 0.1) is 18.2 Å². The summed E-state index contributed by atoms with van der Waals surface area (Å²) in [5.41, 5.74) is 2.82. The molecule has 1 N–H and O–H groups in total. The second kappa shape index (κ2) is 9.09. The molecule has 5 nitrogen and oxygen atoms in total. The van der Waals surface area contributed by atoms with Crippen LogP contribution in [0.2, 0.25) is 5.02 Å². The van der Waals surface area contributed by atoms with Gasteiger partial charge < -0.3 is 15.0 Å². The van der Waals surface area contributed by atoms with Crippen molar-refractivity contribution in [3.63, 3.8) is 0 Å². The number of benzene rings is 1. The Morgan fingerprint density at radius 1 is 1.28 bits per heavy atom. The van der Waals surface area contributed by atoms with Crippen LogP contribution in [-0.2, 0) is 22.4 Å². The molecule has 1 aliphatic rings. The molecule has 1 aromatic rings. The number of nitrogens with zero attached hydrogens (tertiary/aromatic N) is 1. The summed E-state index contributed by atoms with van der Waals surface area (Å²) >= 11 is 6.30. The van der Waals surface area contributed by atoms with Crippen LogP contribution in [0.15, 0.2) is 12.1 Å². The maximum atomic E-state index is 12.8. The molecule has 0 aliphatic carbocycles. The number of nitrogens with one attached hydrogen (secondary N) is 1. The lowest BCUT2D eigenvalue weighted by Gasteiger charge is -2.32. The van der Waals surface area contributed by atoms with Crippen molar-refractivity contribution in [1.82, 2.24) is 4.90 Å². The van der Waals surface area contributed by atoms with E-state index in [1.54, 1.807) is 11.8 Å². The van der Waals surface area contributed by atoms with Gasteiger partial charge in [-0.3, -0.25) is 4.79 Å². The Balaban J connectivity index is 2.14. The molecule has 25 heavy (non-hydrogen) atoms. The van der Waals surface area contributed by atoms with Gasteiger partial charge in [-0.2, -0.15) is 0 Å². The van der Waals surface area contributed by atoms with Crippen LogP contribution >= 0.6 is 11.6 Å². The maximum Gasteiger partial charge on any atom is 0.321 e. The standard InChI is InChI=1S/C19H27ClN2O3/c1-4-13-9-10-16(20)15(5-2)17(13)21-19(24)22-11-7-8-14(12-22)18(23)25-6-3/h9-10,14H,4-8,11-12H2,1-3H3,(H,21,24)/t14-/m1/s1. The van der Waals surface area contributed by atoms with Crippen LogP contribution in [0.5, 0.6) is 0 Å². The minimum absolute atomic E-state index is 0.180. The predicted molar refractivity (Wildman–Crippen MR) is 100 cm³/mol. The van der Waals surface area contributed by atoms with Crippen molar-refractivity contribution < 1.29 is 14.3 Å². The van der Waals surface area contributed by atoms with Crippen molar-refractivity contribution in [2.45, 2.75) is 46.5 Å². The van der Waals surface area contributed by atoms with Crippen molar-refractivity contribution in [3.8, 4) is 0 Å². The molecule has 138 valence electrons. The zero-order chi connectivity index (χ0) is 18.4. The first-order valence-corrected chi connectivity index (χ1v) is 9.42. The average molecular weight is 367 g/mol. The lowest BCUT2D eigenvalue weighted by Crippen LogP contribution is -2.45. The Kier molecular flexibility index (Phi) is 7.12. The Morgan fingerprint density at radius 2 is 2.04 bits per heavy atom. The summed E-state index contributed by atoms with van der Waals surface area (Å²) in [6.07, 6.45) is 3.12. The number of rotatable bonds is 5. The minimum Gasteiger partial charge on any atom is -0.466 e. The zero-order valence-electron chi connectivity index (χ0n) is 15.2. The number of amides is 2. The van der Waals surface area contributed by atoms with Crippen molar-refractivity contribution in [2.75, 3.05) is 25.0 Å². The summed E-state index contributed by atoms with van der Waals surface area (Å²) in [5, 5.41) is 3.70. The summed E-state index contributed by atoms with van der Waals surface area (Å²) in [7, 11) is 0. The number of carbonyl (C=O) groups is 2. The Hall–Kier alpha value is -1.75. The van der Waals surface area contributed by atoms with Crippen LogP contribution in [0.3, 0.4) is 0 Å². The van der Waals surface area contributed by atoms with Gasteiger partial charge in [0.1, 0.15) is 0 Å². The van der Waals surface area contributed by atoms with Crippen LogP contribution in [0.1, 0.15) is 44.7 Å².